The van der Waals surface area contributed by atoms with Gasteiger partial charge in [0.2, 0.25) is 0 Å². The lowest BCUT2D eigenvalue weighted by molar-refractivity contribution is -0.138. The van der Waals surface area contributed by atoms with E-state index in [1.807, 2.05) is 18.2 Å². The molecule has 17 heavy (non-hydrogen) atoms. The molecule has 2 heteroatoms. The molecule has 1 unspecified atom stereocenters. The van der Waals surface area contributed by atoms with Gasteiger partial charge in [-0.25, -0.2) is 0 Å². The van der Waals surface area contributed by atoms with E-state index in [4.69, 9.17) is 5.11 Å². The summed E-state index contributed by atoms with van der Waals surface area (Å²) in [5, 5.41) is 8.78. The third-order valence-electron chi connectivity index (χ3n) is 2.64. The van der Waals surface area contributed by atoms with Crippen LogP contribution in [0.1, 0.15) is 45.4 Å². The Morgan fingerprint density at radius 3 is 2.65 bits per heavy atom. The van der Waals surface area contributed by atoms with Crippen molar-refractivity contribution in [2.24, 2.45) is 5.92 Å². The zero-order chi connectivity index (χ0) is 12.9. The van der Waals surface area contributed by atoms with Gasteiger partial charge in [0.05, 0.1) is 0 Å². The smallest absolute Gasteiger partial charge is 0.303 e. The number of rotatable bonds is 10. The van der Waals surface area contributed by atoms with Gasteiger partial charge in [-0.3, -0.25) is 4.79 Å². The van der Waals surface area contributed by atoms with Crippen molar-refractivity contribution >= 4 is 5.97 Å². The number of aliphatic carboxylic acids is 1. The maximum atomic E-state index is 10.7. The van der Waals surface area contributed by atoms with Crippen molar-refractivity contribution in [2.45, 2.75) is 45.4 Å². The molecule has 0 aromatic rings. The van der Waals surface area contributed by atoms with E-state index in [-0.39, 0.29) is 0 Å². The highest BCUT2D eigenvalue weighted by Crippen LogP contribution is 2.18. The normalized spacial score (nSPS) is 13.2. The standard InChI is InChI=1S/C15H24O2/c1-3-5-6-7-8-9-10-12-14(11-4-2)13-15(16)17/h3,5-8,14H,1,4,9-13H2,2H3,(H,16,17)/b6-5-,8-7?. The fourth-order valence-corrected chi connectivity index (χ4v) is 1.85. The molecule has 0 bridgehead atoms. The molecule has 0 aliphatic carbocycles. The van der Waals surface area contributed by atoms with Crippen molar-refractivity contribution in [3.8, 4) is 0 Å². The summed E-state index contributed by atoms with van der Waals surface area (Å²) in [4.78, 5) is 10.7. The quantitative estimate of drug-likeness (QED) is 0.452. The van der Waals surface area contributed by atoms with E-state index in [2.05, 4.69) is 19.6 Å². The van der Waals surface area contributed by atoms with Crippen LogP contribution >= 0.6 is 0 Å². The molecule has 0 rings (SSSR count). The van der Waals surface area contributed by atoms with Gasteiger partial charge in [0.1, 0.15) is 0 Å². The molecule has 2 nitrogen and oxygen atoms in total. The van der Waals surface area contributed by atoms with Gasteiger partial charge in [-0.15, -0.1) is 0 Å². The lowest BCUT2D eigenvalue weighted by atomic mass is 9.94. The molecular weight excluding hydrogens is 212 g/mol. The molecule has 0 saturated heterocycles. The maximum absolute atomic E-state index is 10.7. The largest absolute Gasteiger partial charge is 0.481 e. The fourth-order valence-electron chi connectivity index (χ4n) is 1.85. The van der Waals surface area contributed by atoms with E-state index >= 15 is 0 Å². The van der Waals surface area contributed by atoms with Crippen molar-refractivity contribution < 1.29 is 9.90 Å². The molecule has 0 aliphatic heterocycles. The zero-order valence-electron chi connectivity index (χ0n) is 10.8. The first-order chi connectivity index (χ1) is 8.20. The van der Waals surface area contributed by atoms with Crippen LogP contribution in [0.4, 0.5) is 0 Å². The second-order valence-corrected chi connectivity index (χ2v) is 4.23. The summed E-state index contributed by atoms with van der Waals surface area (Å²) in [6.07, 6.45) is 15.2. The summed E-state index contributed by atoms with van der Waals surface area (Å²) in [5.41, 5.74) is 0. The molecule has 1 atom stereocenters. The summed E-state index contributed by atoms with van der Waals surface area (Å²) < 4.78 is 0. The van der Waals surface area contributed by atoms with Crippen molar-refractivity contribution in [3.63, 3.8) is 0 Å². The molecule has 0 radical (unpaired) electrons. The van der Waals surface area contributed by atoms with Gasteiger partial charge in [-0.1, -0.05) is 56.7 Å². The van der Waals surface area contributed by atoms with Gasteiger partial charge in [0.25, 0.3) is 0 Å². The van der Waals surface area contributed by atoms with E-state index in [1.54, 1.807) is 6.08 Å². The van der Waals surface area contributed by atoms with Gasteiger partial charge in [-0.05, 0) is 25.2 Å². The molecule has 0 heterocycles. The molecular formula is C15H24O2. The average Bonchev–Trinajstić information content (AvgIpc) is 2.27. The number of carbonyl (C=O) groups is 1. The van der Waals surface area contributed by atoms with Gasteiger partial charge >= 0.3 is 5.97 Å². The van der Waals surface area contributed by atoms with Crippen LogP contribution in [0, 0.1) is 5.92 Å². The number of hydrogen-bond acceptors (Lipinski definition) is 1. The monoisotopic (exact) mass is 236 g/mol. The minimum Gasteiger partial charge on any atom is -0.481 e. The number of allylic oxidation sites excluding steroid dienone is 5. The first-order valence-electron chi connectivity index (χ1n) is 6.36. The molecule has 0 aliphatic rings. The Bertz CT molecular complexity index is 264. The van der Waals surface area contributed by atoms with Crippen molar-refractivity contribution in [2.75, 3.05) is 0 Å². The predicted molar refractivity (Wildman–Crippen MR) is 73.0 cm³/mol. The van der Waals surface area contributed by atoms with E-state index < -0.39 is 5.97 Å². The lowest BCUT2D eigenvalue weighted by Gasteiger charge is -2.12. The molecule has 0 saturated carbocycles. The second kappa shape index (κ2) is 11.2. The predicted octanol–water partition coefficient (Wildman–Crippen LogP) is 4.35. The van der Waals surface area contributed by atoms with Crippen molar-refractivity contribution in [1.29, 1.82) is 0 Å². The molecule has 0 fully saturated rings. The maximum Gasteiger partial charge on any atom is 0.303 e. The lowest BCUT2D eigenvalue weighted by Crippen LogP contribution is -2.07. The fraction of sp³-hybridized carbons (Fsp3) is 0.533. The number of carboxylic acid groups (broad SMARTS) is 1. The van der Waals surface area contributed by atoms with Gasteiger partial charge in [0, 0.05) is 6.42 Å². The highest BCUT2D eigenvalue weighted by molar-refractivity contribution is 5.66. The molecule has 0 aromatic heterocycles. The topological polar surface area (TPSA) is 37.3 Å². The first kappa shape index (κ1) is 15.7. The Morgan fingerprint density at radius 1 is 1.29 bits per heavy atom. The van der Waals surface area contributed by atoms with Crippen LogP contribution in [0.3, 0.4) is 0 Å². The molecule has 96 valence electrons. The van der Waals surface area contributed by atoms with Gasteiger partial charge in [0.15, 0.2) is 0 Å². The number of hydrogen-bond donors (Lipinski definition) is 1. The van der Waals surface area contributed by atoms with Crippen LogP contribution in [0.2, 0.25) is 0 Å². The number of carboxylic acids is 1. The Hall–Kier alpha value is -1.31. The van der Waals surface area contributed by atoms with Crippen LogP contribution in [0.5, 0.6) is 0 Å². The van der Waals surface area contributed by atoms with E-state index in [9.17, 15) is 4.79 Å². The molecule has 0 amide bonds. The molecule has 0 spiro atoms. The summed E-state index contributed by atoms with van der Waals surface area (Å²) >= 11 is 0. The van der Waals surface area contributed by atoms with Crippen molar-refractivity contribution in [3.05, 3.63) is 37.0 Å². The summed E-state index contributed by atoms with van der Waals surface area (Å²) in [6, 6.07) is 0. The minimum absolute atomic E-state index is 0.313. The summed E-state index contributed by atoms with van der Waals surface area (Å²) in [5.74, 6) is -0.331. The highest BCUT2D eigenvalue weighted by atomic mass is 16.4. The zero-order valence-corrected chi connectivity index (χ0v) is 10.8. The van der Waals surface area contributed by atoms with Crippen LogP contribution in [-0.4, -0.2) is 11.1 Å². The molecule has 0 aromatic carbocycles. The Morgan fingerprint density at radius 2 is 2.06 bits per heavy atom. The third kappa shape index (κ3) is 11.0. The van der Waals surface area contributed by atoms with Crippen LogP contribution in [0.15, 0.2) is 37.0 Å². The minimum atomic E-state index is -0.673. The Labute approximate surface area is 105 Å². The van der Waals surface area contributed by atoms with Crippen LogP contribution in [-0.2, 0) is 4.79 Å². The second-order valence-electron chi connectivity index (χ2n) is 4.23. The van der Waals surface area contributed by atoms with Gasteiger partial charge in [-0.2, -0.15) is 0 Å². The van der Waals surface area contributed by atoms with Crippen LogP contribution < -0.4 is 0 Å². The number of unbranched alkanes of at least 4 members (excludes halogenated alkanes) is 1. The summed E-state index contributed by atoms with van der Waals surface area (Å²) in [6.45, 7) is 5.70. The van der Waals surface area contributed by atoms with Gasteiger partial charge < -0.3 is 5.11 Å². The Balaban J connectivity index is 3.73. The highest BCUT2D eigenvalue weighted by Gasteiger charge is 2.11. The van der Waals surface area contributed by atoms with E-state index in [0.29, 0.717) is 12.3 Å². The third-order valence-corrected chi connectivity index (χ3v) is 2.64. The Kier molecular flexibility index (Phi) is 10.3. The van der Waals surface area contributed by atoms with Crippen molar-refractivity contribution in [1.82, 2.24) is 0 Å². The average molecular weight is 236 g/mol. The first-order valence-corrected chi connectivity index (χ1v) is 6.36. The van der Waals surface area contributed by atoms with E-state index in [0.717, 1.165) is 32.1 Å². The van der Waals surface area contributed by atoms with E-state index in [1.165, 1.54) is 0 Å². The van der Waals surface area contributed by atoms with Crippen LogP contribution in [0.25, 0.3) is 0 Å². The molecule has 1 N–H and O–H groups in total. The summed E-state index contributed by atoms with van der Waals surface area (Å²) in [7, 11) is 0. The SMILES string of the molecule is C=C/C=C\C=CCCCC(CCC)CC(=O)O.